The zero-order valence-corrected chi connectivity index (χ0v) is 11.2. The first-order chi connectivity index (χ1) is 7.58. The summed E-state index contributed by atoms with van der Waals surface area (Å²) in [4.78, 5) is 11.4. The Labute approximate surface area is 105 Å². The Morgan fingerprint density at radius 3 is 2.50 bits per heavy atom. The Hall–Kier alpha value is -0.870. The molecule has 4 heteroatoms. The third-order valence-corrected chi connectivity index (χ3v) is 2.58. The fraction of sp³-hybridized carbons (Fsp3) is 0.417. The second kappa shape index (κ2) is 6.66. The smallest absolute Gasteiger partial charge is 0.234 e. The van der Waals surface area contributed by atoms with E-state index in [2.05, 4.69) is 26.8 Å². The molecule has 1 rings (SSSR count). The second-order valence-electron chi connectivity index (χ2n) is 3.97. The average Bonchev–Trinajstić information content (AvgIpc) is 2.25. The number of benzene rings is 1. The summed E-state index contributed by atoms with van der Waals surface area (Å²) >= 11 is 3.38. The molecule has 0 unspecified atom stereocenters. The fourth-order valence-corrected chi connectivity index (χ4v) is 1.46. The van der Waals surface area contributed by atoms with Crippen molar-refractivity contribution in [3.05, 3.63) is 34.3 Å². The largest absolute Gasteiger partial charge is 0.291 e. The van der Waals surface area contributed by atoms with E-state index in [-0.39, 0.29) is 11.9 Å². The van der Waals surface area contributed by atoms with Gasteiger partial charge in [-0.1, -0.05) is 28.1 Å². The van der Waals surface area contributed by atoms with Gasteiger partial charge in [0.05, 0.1) is 0 Å². The predicted octanol–water partition coefficient (Wildman–Crippen LogP) is 2.41. The van der Waals surface area contributed by atoms with Crippen LogP contribution in [0.4, 0.5) is 0 Å². The first kappa shape index (κ1) is 13.2. The number of amides is 1. The molecule has 0 heterocycles. The highest BCUT2D eigenvalue weighted by molar-refractivity contribution is 9.10. The molecule has 0 saturated carbocycles. The minimum Gasteiger partial charge on any atom is -0.291 e. The van der Waals surface area contributed by atoms with Crippen LogP contribution in [0.25, 0.3) is 0 Å². The highest BCUT2D eigenvalue weighted by Crippen LogP contribution is 2.11. The minimum absolute atomic E-state index is 0.0246. The van der Waals surface area contributed by atoms with E-state index in [9.17, 15) is 4.79 Å². The quantitative estimate of drug-likeness (QED) is 0.816. The van der Waals surface area contributed by atoms with Gasteiger partial charge in [0.2, 0.25) is 5.91 Å². The highest BCUT2D eigenvalue weighted by Gasteiger charge is 2.02. The Balaban J connectivity index is 2.29. The lowest BCUT2D eigenvalue weighted by Gasteiger charge is -2.09. The van der Waals surface area contributed by atoms with Crippen molar-refractivity contribution in [1.82, 2.24) is 10.9 Å². The highest BCUT2D eigenvalue weighted by atomic mass is 79.9. The molecule has 16 heavy (non-hydrogen) atoms. The van der Waals surface area contributed by atoms with Crippen LogP contribution in [0.2, 0.25) is 0 Å². The molecule has 0 aliphatic carbocycles. The Kier molecular flexibility index (Phi) is 5.49. The number of nitrogens with one attached hydrogen (secondary N) is 2. The summed E-state index contributed by atoms with van der Waals surface area (Å²) in [7, 11) is 0. The van der Waals surface area contributed by atoms with Gasteiger partial charge in [-0.15, -0.1) is 0 Å². The van der Waals surface area contributed by atoms with Crippen LogP contribution in [0.5, 0.6) is 0 Å². The van der Waals surface area contributed by atoms with Crippen molar-refractivity contribution in [2.75, 3.05) is 0 Å². The molecule has 1 aromatic rings. The van der Waals surface area contributed by atoms with Gasteiger partial charge in [0, 0.05) is 16.9 Å². The van der Waals surface area contributed by atoms with E-state index in [1.807, 2.05) is 38.1 Å². The molecule has 0 fully saturated rings. The number of hydrazine groups is 1. The summed E-state index contributed by atoms with van der Waals surface area (Å²) in [5, 5.41) is 0. The average molecular weight is 285 g/mol. The lowest BCUT2D eigenvalue weighted by Crippen LogP contribution is -2.41. The van der Waals surface area contributed by atoms with Crippen molar-refractivity contribution >= 4 is 21.8 Å². The molecule has 0 aromatic heterocycles. The van der Waals surface area contributed by atoms with E-state index in [0.29, 0.717) is 6.42 Å². The van der Waals surface area contributed by atoms with Gasteiger partial charge in [-0.3, -0.25) is 10.2 Å². The van der Waals surface area contributed by atoms with Gasteiger partial charge in [0.25, 0.3) is 0 Å². The van der Waals surface area contributed by atoms with Crippen molar-refractivity contribution in [1.29, 1.82) is 0 Å². The molecule has 0 aliphatic heterocycles. The lowest BCUT2D eigenvalue weighted by molar-refractivity contribution is -0.122. The van der Waals surface area contributed by atoms with Crippen LogP contribution >= 0.6 is 15.9 Å². The van der Waals surface area contributed by atoms with Crippen molar-refractivity contribution in [2.24, 2.45) is 0 Å². The predicted molar refractivity (Wildman–Crippen MR) is 68.9 cm³/mol. The first-order valence-electron chi connectivity index (χ1n) is 5.36. The lowest BCUT2D eigenvalue weighted by atomic mass is 10.1. The number of aryl methyl sites for hydroxylation is 1. The fourth-order valence-electron chi connectivity index (χ4n) is 1.20. The number of hydrogen-bond donors (Lipinski definition) is 2. The molecular weight excluding hydrogens is 268 g/mol. The first-order valence-corrected chi connectivity index (χ1v) is 6.16. The van der Waals surface area contributed by atoms with Gasteiger partial charge in [0.15, 0.2) is 0 Å². The maximum atomic E-state index is 11.4. The van der Waals surface area contributed by atoms with E-state index in [1.54, 1.807) is 0 Å². The molecule has 88 valence electrons. The standard InChI is InChI=1S/C12H17BrN2O/c1-9(2)14-15-12(16)8-5-10-3-6-11(13)7-4-10/h3-4,6-7,9,14H,5,8H2,1-2H3,(H,15,16). The van der Waals surface area contributed by atoms with Crippen LogP contribution in [-0.2, 0) is 11.2 Å². The van der Waals surface area contributed by atoms with Crippen LogP contribution in [0.3, 0.4) is 0 Å². The molecule has 1 aromatic carbocycles. The maximum Gasteiger partial charge on any atom is 0.234 e. The van der Waals surface area contributed by atoms with E-state index in [0.717, 1.165) is 10.9 Å². The van der Waals surface area contributed by atoms with E-state index < -0.39 is 0 Å². The molecule has 1 amide bonds. The van der Waals surface area contributed by atoms with Gasteiger partial charge in [0.1, 0.15) is 0 Å². The topological polar surface area (TPSA) is 41.1 Å². The van der Waals surface area contributed by atoms with Gasteiger partial charge < -0.3 is 0 Å². The minimum atomic E-state index is 0.0246. The van der Waals surface area contributed by atoms with Crippen LogP contribution in [0, 0.1) is 0 Å². The number of hydrogen-bond acceptors (Lipinski definition) is 2. The van der Waals surface area contributed by atoms with Gasteiger partial charge >= 0.3 is 0 Å². The number of carbonyl (C=O) groups is 1. The van der Waals surface area contributed by atoms with Crippen molar-refractivity contribution in [3.63, 3.8) is 0 Å². The third-order valence-electron chi connectivity index (χ3n) is 2.05. The second-order valence-corrected chi connectivity index (χ2v) is 4.89. The van der Waals surface area contributed by atoms with Gasteiger partial charge in [-0.05, 0) is 38.0 Å². The van der Waals surface area contributed by atoms with Gasteiger partial charge in [-0.2, -0.15) is 0 Å². The van der Waals surface area contributed by atoms with E-state index >= 15 is 0 Å². The molecule has 3 nitrogen and oxygen atoms in total. The Morgan fingerprint density at radius 1 is 1.31 bits per heavy atom. The third kappa shape index (κ3) is 5.28. The van der Waals surface area contributed by atoms with Crippen molar-refractivity contribution < 1.29 is 4.79 Å². The SMILES string of the molecule is CC(C)NNC(=O)CCc1ccc(Br)cc1. The molecule has 0 radical (unpaired) electrons. The summed E-state index contributed by atoms with van der Waals surface area (Å²) in [6, 6.07) is 8.27. The summed E-state index contributed by atoms with van der Waals surface area (Å²) in [6.07, 6.45) is 1.26. The zero-order chi connectivity index (χ0) is 12.0. The van der Waals surface area contributed by atoms with Crippen LogP contribution in [0.1, 0.15) is 25.8 Å². The summed E-state index contributed by atoms with van der Waals surface area (Å²) in [5.74, 6) is 0.0246. The van der Waals surface area contributed by atoms with Crippen LogP contribution in [0.15, 0.2) is 28.7 Å². The summed E-state index contributed by atoms with van der Waals surface area (Å²) in [5.41, 5.74) is 6.72. The number of halogens is 1. The van der Waals surface area contributed by atoms with Crippen LogP contribution in [-0.4, -0.2) is 11.9 Å². The Bertz CT molecular complexity index is 335. The Morgan fingerprint density at radius 2 is 1.94 bits per heavy atom. The molecule has 2 N–H and O–H groups in total. The number of rotatable bonds is 5. The molecule has 0 spiro atoms. The summed E-state index contributed by atoms with van der Waals surface area (Å²) < 4.78 is 1.06. The molecular formula is C12H17BrN2O. The normalized spacial score (nSPS) is 10.5. The van der Waals surface area contributed by atoms with Crippen molar-refractivity contribution in [3.8, 4) is 0 Å². The van der Waals surface area contributed by atoms with Crippen molar-refractivity contribution in [2.45, 2.75) is 32.7 Å². The monoisotopic (exact) mass is 284 g/mol. The van der Waals surface area contributed by atoms with E-state index in [1.165, 1.54) is 5.56 Å². The zero-order valence-electron chi connectivity index (χ0n) is 9.59. The van der Waals surface area contributed by atoms with Gasteiger partial charge in [-0.25, -0.2) is 5.43 Å². The summed E-state index contributed by atoms with van der Waals surface area (Å²) in [6.45, 7) is 3.96. The van der Waals surface area contributed by atoms with E-state index in [4.69, 9.17) is 0 Å². The molecule has 0 atom stereocenters. The maximum absolute atomic E-state index is 11.4. The number of carbonyl (C=O) groups excluding carboxylic acids is 1. The van der Waals surface area contributed by atoms with Crippen LogP contribution < -0.4 is 10.9 Å². The molecule has 0 aliphatic rings. The molecule has 0 saturated heterocycles. The molecule has 0 bridgehead atoms.